The van der Waals surface area contributed by atoms with Crippen LogP contribution in [0.4, 0.5) is 0 Å². The summed E-state index contributed by atoms with van der Waals surface area (Å²) in [6, 6.07) is 11.5. The van der Waals surface area contributed by atoms with Crippen LogP contribution in [0.1, 0.15) is 18.1 Å². The van der Waals surface area contributed by atoms with Gasteiger partial charge in [0.25, 0.3) is 0 Å². The third kappa shape index (κ3) is 5.67. The van der Waals surface area contributed by atoms with Crippen LogP contribution in [0.5, 0.6) is 11.5 Å². The summed E-state index contributed by atoms with van der Waals surface area (Å²) in [5.41, 5.74) is 2.04. The van der Waals surface area contributed by atoms with Crippen LogP contribution in [-0.2, 0) is 13.2 Å². The number of benzene rings is 2. The molecule has 2 aromatic carbocycles. The second kappa shape index (κ2) is 9.89. The van der Waals surface area contributed by atoms with Crippen LogP contribution in [-0.4, -0.2) is 24.9 Å². The number of aliphatic hydroxyl groups excluding tert-OH is 1. The molecule has 2 N–H and O–H groups in total. The summed E-state index contributed by atoms with van der Waals surface area (Å²) in [6.45, 7) is 4.20. The van der Waals surface area contributed by atoms with Gasteiger partial charge < -0.3 is 19.9 Å². The lowest BCUT2D eigenvalue weighted by atomic mass is 10.2. The Balaban J connectivity index is 2.14. The third-order valence-corrected chi connectivity index (χ3v) is 4.08. The number of rotatable bonds is 9. The van der Waals surface area contributed by atoms with Gasteiger partial charge in [-0.15, -0.1) is 0 Å². The molecule has 0 atom stereocenters. The molecule has 0 amide bonds. The van der Waals surface area contributed by atoms with Gasteiger partial charge >= 0.3 is 0 Å². The van der Waals surface area contributed by atoms with Crippen molar-refractivity contribution in [2.75, 3.05) is 19.8 Å². The van der Waals surface area contributed by atoms with Crippen LogP contribution in [0.3, 0.4) is 0 Å². The minimum absolute atomic E-state index is 0.111. The summed E-state index contributed by atoms with van der Waals surface area (Å²) in [7, 11) is 0. The molecule has 0 aliphatic rings. The summed E-state index contributed by atoms with van der Waals surface area (Å²) < 4.78 is 12.5. The average molecular weight is 415 g/mol. The molecule has 130 valence electrons. The van der Waals surface area contributed by atoms with E-state index in [4.69, 9.17) is 26.2 Å². The molecule has 24 heavy (non-hydrogen) atoms. The summed E-state index contributed by atoms with van der Waals surface area (Å²) in [6.07, 6.45) is 0. The fraction of sp³-hybridized carbons (Fsp3) is 0.333. The molecule has 0 saturated heterocycles. The number of hydrogen-bond donors (Lipinski definition) is 2. The molecule has 0 aromatic heterocycles. The highest BCUT2D eigenvalue weighted by Gasteiger charge is 2.12. The Morgan fingerprint density at radius 1 is 1.17 bits per heavy atom. The van der Waals surface area contributed by atoms with Crippen LogP contribution in [0.25, 0.3) is 0 Å². The zero-order chi connectivity index (χ0) is 17.4. The SMILES string of the molecule is CCOc1cc(CNCCO)cc(Br)c1OCc1cccc(Cl)c1. The quantitative estimate of drug-likeness (QED) is 0.605. The van der Waals surface area contributed by atoms with E-state index in [1.165, 1.54) is 0 Å². The molecule has 0 unspecified atom stereocenters. The Bertz CT molecular complexity index is 667. The average Bonchev–Trinajstić information content (AvgIpc) is 2.55. The van der Waals surface area contributed by atoms with Crippen molar-refractivity contribution in [1.82, 2.24) is 5.32 Å². The zero-order valence-electron chi connectivity index (χ0n) is 13.5. The molecule has 2 rings (SSSR count). The van der Waals surface area contributed by atoms with Gasteiger partial charge in [0.2, 0.25) is 0 Å². The van der Waals surface area contributed by atoms with Gasteiger partial charge in [-0.3, -0.25) is 0 Å². The molecule has 0 fully saturated rings. The van der Waals surface area contributed by atoms with E-state index >= 15 is 0 Å². The second-order valence-corrected chi connectivity index (χ2v) is 6.45. The Kier molecular flexibility index (Phi) is 7.85. The van der Waals surface area contributed by atoms with Gasteiger partial charge in [-0.1, -0.05) is 23.7 Å². The maximum atomic E-state index is 8.85. The predicted octanol–water partition coefficient (Wildman–Crippen LogP) is 4.16. The lowest BCUT2D eigenvalue weighted by molar-refractivity contribution is 0.267. The predicted molar refractivity (Wildman–Crippen MR) is 99.9 cm³/mol. The topological polar surface area (TPSA) is 50.7 Å². The molecular weight excluding hydrogens is 394 g/mol. The maximum Gasteiger partial charge on any atom is 0.175 e. The maximum absolute atomic E-state index is 8.85. The van der Waals surface area contributed by atoms with Gasteiger partial charge in [-0.2, -0.15) is 0 Å². The van der Waals surface area contributed by atoms with Gasteiger partial charge in [0.05, 0.1) is 17.7 Å². The first-order valence-corrected chi connectivity index (χ1v) is 8.95. The highest BCUT2D eigenvalue weighted by Crippen LogP contribution is 2.37. The number of hydrogen-bond acceptors (Lipinski definition) is 4. The van der Waals surface area contributed by atoms with Crippen LogP contribution in [0, 0.1) is 0 Å². The van der Waals surface area contributed by atoms with Crippen molar-refractivity contribution >= 4 is 27.5 Å². The van der Waals surface area contributed by atoms with Gasteiger partial charge in [0.1, 0.15) is 6.61 Å². The second-order valence-electron chi connectivity index (χ2n) is 5.16. The van der Waals surface area contributed by atoms with Gasteiger partial charge in [0.15, 0.2) is 11.5 Å². The summed E-state index contributed by atoms with van der Waals surface area (Å²) in [5, 5.41) is 12.7. The molecule has 0 aliphatic heterocycles. The first-order chi connectivity index (χ1) is 11.6. The highest BCUT2D eigenvalue weighted by molar-refractivity contribution is 9.10. The van der Waals surface area contributed by atoms with Crippen molar-refractivity contribution in [3.8, 4) is 11.5 Å². The minimum Gasteiger partial charge on any atom is -0.490 e. The monoisotopic (exact) mass is 413 g/mol. The van der Waals surface area contributed by atoms with Crippen LogP contribution in [0.15, 0.2) is 40.9 Å². The van der Waals surface area contributed by atoms with E-state index in [0.717, 1.165) is 15.6 Å². The molecule has 0 aliphatic carbocycles. The molecule has 6 heteroatoms. The van der Waals surface area contributed by atoms with E-state index in [9.17, 15) is 0 Å². The van der Waals surface area contributed by atoms with Crippen molar-refractivity contribution in [2.24, 2.45) is 0 Å². The molecule has 2 aromatic rings. The Hall–Kier alpha value is -1.27. The first kappa shape index (κ1) is 19.1. The largest absolute Gasteiger partial charge is 0.490 e. The zero-order valence-corrected chi connectivity index (χ0v) is 15.9. The Morgan fingerprint density at radius 3 is 2.71 bits per heavy atom. The van der Waals surface area contributed by atoms with E-state index in [0.29, 0.717) is 42.8 Å². The Labute approximate surface area is 155 Å². The third-order valence-electron chi connectivity index (χ3n) is 3.26. The molecule has 0 bridgehead atoms. The molecule has 4 nitrogen and oxygen atoms in total. The van der Waals surface area contributed by atoms with Crippen molar-refractivity contribution in [3.63, 3.8) is 0 Å². The molecular formula is C18H21BrClNO3. The van der Waals surface area contributed by atoms with Crippen LogP contribution in [0.2, 0.25) is 5.02 Å². The van der Waals surface area contributed by atoms with E-state index < -0.39 is 0 Å². The number of ether oxygens (including phenoxy) is 2. The lowest BCUT2D eigenvalue weighted by Gasteiger charge is -2.16. The highest BCUT2D eigenvalue weighted by atomic mass is 79.9. The standard InChI is InChI=1S/C18H21BrClNO3/c1-2-23-17-10-14(11-21-6-7-22)9-16(19)18(17)24-12-13-4-3-5-15(20)8-13/h3-5,8-10,21-22H,2,6-7,11-12H2,1H3. The van der Waals surface area contributed by atoms with Gasteiger partial charge in [0, 0.05) is 18.1 Å². The van der Waals surface area contributed by atoms with E-state index in [2.05, 4.69) is 21.2 Å². The number of nitrogens with one attached hydrogen (secondary N) is 1. The fourth-order valence-corrected chi connectivity index (χ4v) is 3.04. The molecule has 0 heterocycles. The first-order valence-electron chi connectivity index (χ1n) is 7.78. The molecule has 0 radical (unpaired) electrons. The summed E-state index contributed by atoms with van der Waals surface area (Å²) >= 11 is 9.56. The molecule has 0 spiro atoms. The van der Waals surface area contributed by atoms with Crippen molar-refractivity contribution in [1.29, 1.82) is 0 Å². The smallest absolute Gasteiger partial charge is 0.175 e. The van der Waals surface area contributed by atoms with Crippen molar-refractivity contribution in [3.05, 3.63) is 57.0 Å². The normalized spacial score (nSPS) is 10.7. The summed E-state index contributed by atoms with van der Waals surface area (Å²) in [5.74, 6) is 1.36. The van der Waals surface area contributed by atoms with Crippen molar-refractivity contribution < 1.29 is 14.6 Å². The van der Waals surface area contributed by atoms with E-state index in [1.807, 2.05) is 43.3 Å². The minimum atomic E-state index is 0.111. The van der Waals surface area contributed by atoms with Gasteiger partial charge in [-0.05, 0) is 58.2 Å². The number of aliphatic hydroxyl groups is 1. The Morgan fingerprint density at radius 2 is 2.00 bits per heavy atom. The summed E-state index contributed by atoms with van der Waals surface area (Å²) in [4.78, 5) is 0. The van der Waals surface area contributed by atoms with Crippen LogP contribution < -0.4 is 14.8 Å². The number of halogens is 2. The lowest BCUT2D eigenvalue weighted by Crippen LogP contribution is -2.17. The fourth-order valence-electron chi connectivity index (χ4n) is 2.22. The van der Waals surface area contributed by atoms with Crippen molar-refractivity contribution in [2.45, 2.75) is 20.1 Å². The van der Waals surface area contributed by atoms with Gasteiger partial charge in [-0.25, -0.2) is 0 Å². The van der Waals surface area contributed by atoms with E-state index in [1.54, 1.807) is 0 Å². The molecule has 0 saturated carbocycles. The van der Waals surface area contributed by atoms with E-state index in [-0.39, 0.29) is 6.61 Å². The van der Waals surface area contributed by atoms with Crippen LogP contribution >= 0.6 is 27.5 Å².